The van der Waals surface area contributed by atoms with Gasteiger partial charge in [-0.15, -0.1) is 0 Å². The number of benzene rings is 1. The molecule has 0 heterocycles. The molecule has 0 bridgehead atoms. The molecule has 1 aromatic rings. The first-order valence-corrected chi connectivity index (χ1v) is 7.53. The van der Waals surface area contributed by atoms with Crippen LogP contribution in [0.2, 0.25) is 0 Å². The first-order valence-electron chi connectivity index (χ1n) is 6.74. The maximum atomic E-state index is 11.8. The second-order valence-corrected chi connectivity index (χ2v) is 5.75. The van der Waals surface area contributed by atoms with Gasteiger partial charge in [0.1, 0.15) is 0 Å². The average Bonchev–Trinajstić information content (AvgIpc) is 2.39. The van der Waals surface area contributed by atoms with Crippen LogP contribution < -0.4 is 0 Å². The van der Waals surface area contributed by atoms with Crippen LogP contribution in [0, 0.1) is 0 Å². The van der Waals surface area contributed by atoms with Crippen LogP contribution in [0.5, 0.6) is 0 Å². The summed E-state index contributed by atoms with van der Waals surface area (Å²) in [4.78, 5) is 22.8. The molecule has 0 radical (unpaired) electrons. The number of rotatable bonds is 6. The molecule has 1 rings (SSSR count). The molecule has 0 aliphatic heterocycles. The van der Waals surface area contributed by atoms with Gasteiger partial charge in [0.2, 0.25) is 0 Å². The molecule has 0 aliphatic rings. The Morgan fingerprint density at radius 1 is 1.38 bits per heavy atom. The van der Waals surface area contributed by atoms with Gasteiger partial charge in [-0.2, -0.15) is 0 Å². The van der Waals surface area contributed by atoms with E-state index in [1.54, 1.807) is 13.0 Å². The van der Waals surface area contributed by atoms with Gasteiger partial charge in [0.05, 0.1) is 13.0 Å². The van der Waals surface area contributed by atoms with E-state index >= 15 is 0 Å². The Morgan fingerprint density at radius 2 is 2.05 bits per heavy atom. The van der Waals surface area contributed by atoms with E-state index in [-0.39, 0.29) is 18.6 Å². The number of esters is 1. The molecule has 0 unspecified atom stereocenters. The first kappa shape index (κ1) is 17.4. The molecular formula is C16H19BrO4. The highest BCUT2D eigenvalue weighted by Crippen LogP contribution is 2.25. The Hall–Kier alpha value is -1.62. The lowest BCUT2D eigenvalue weighted by molar-refractivity contribution is -0.142. The van der Waals surface area contributed by atoms with E-state index in [0.717, 1.165) is 15.6 Å². The lowest BCUT2D eigenvalue weighted by Crippen LogP contribution is -2.11. The van der Waals surface area contributed by atoms with Crippen molar-refractivity contribution in [2.45, 2.75) is 33.1 Å². The molecule has 1 aromatic carbocycles. The van der Waals surface area contributed by atoms with Crippen molar-refractivity contribution in [3.8, 4) is 0 Å². The van der Waals surface area contributed by atoms with Crippen LogP contribution in [0.25, 0.3) is 6.08 Å². The number of carbonyl (C=O) groups is 2. The Morgan fingerprint density at radius 3 is 2.57 bits per heavy atom. The minimum atomic E-state index is -1.06. The standard InChI is InChI=1S/C16H19BrO4/c1-4-21-16(20)13(9-15(18)19)8-12-7-11(10(2)3)5-6-14(12)17/h5-8,10H,4,9H2,1-3H3,(H,18,19)/b13-8+. The third kappa shape index (κ3) is 5.34. The highest BCUT2D eigenvalue weighted by molar-refractivity contribution is 9.10. The number of halogens is 1. The molecule has 0 saturated carbocycles. The molecule has 0 aliphatic carbocycles. The van der Waals surface area contributed by atoms with Crippen LogP contribution in [0.15, 0.2) is 28.2 Å². The van der Waals surface area contributed by atoms with Crippen molar-refractivity contribution in [2.75, 3.05) is 6.61 Å². The SMILES string of the molecule is CCOC(=O)/C(=C/c1cc(C(C)C)ccc1Br)CC(=O)O. The minimum Gasteiger partial charge on any atom is -0.481 e. The van der Waals surface area contributed by atoms with Crippen LogP contribution >= 0.6 is 15.9 Å². The Balaban J connectivity index is 3.22. The van der Waals surface area contributed by atoms with Gasteiger partial charge in [-0.05, 0) is 36.1 Å². The molecule has 0 amide bonds. The number of aliphatic carboxylic acids is 1. The fourth-order valence-corrected chi connectivity index (χ4v) is 2.15. The molecule has 5 heteroatoms. The lowest BCUT2D eigenvalue weighted by Gasteiger charge is -2.10. The van der Waals surface area contributed by atoms with E-state index in [9.17, 15) is 9.59 Å². The summed E-state index contributed by atoms with van der Waals surface area (Å²) in [5.41, 5.74) is 2.01. The van der Waals surface area contributed by atoms with Crippen LogP contribution in [0.4, 0.5) is 0 Å². The predicted molar refractivity (Wildman–Crippen MR) is 85.1 cm³/mol. The zero-order valence-corrected chi connectivity index (χ0v) is 13.9. The minimum absolute atomic E-state index is 0.131. The average molecular weight is 355 g/mol. The lowest BCUT2D eigenvalue weighted by atomic mass is 9.99. The molecule has 0 aromatic heterocycles. The Kier molecular flexibility index (Phi) is 6.62. The van der Waals surface area contributed by atoms with Gasteiger partial charge < -0.3 is 9.84 Å². The number of carboxylic acids is 1. The number of hydrogen-bond donors (Lipinski definition) is 1. The van der Waals surface area contributed by atoms with Gasteiger partial charge in [-0.25, -0.2) is 4.79 Å². The molecule has 21 heavy (non-hydrogen) atoms. The van der Waals surface area contributed by atoms with Gasteiger partial charge >= 0.3 is 11.9 Å². The van der Waals surface area contributed by atoms with E-state index < -0.39 is 11.9 Å². The van der Waals surface area contributed by atoms with Crippen molar-refractivity contribution >= 4 is 33.9 Å². The van der Waals surface area contributed by atoms with Crippen molar-refractivity contribution in [1.29, 1.82) is 0 Å². The van der Waals surface area contributed by atoms with Crippen molar-refractivity contribution in [1.82, 2.24) is 0 Å². The molecule has 0 fully saturated rings. The van der Waals surface area contributed by atoms with Crippen molar-refractivity contribution < 1.29 is 19.4 Å². The predicted octanol–water partition coefficient (Wildman–Crippen LogP) is 3.99. The summed E-state index contributed by atoms with van der Waals surface area (Å²) in [6.07, 6.45) is 1.21. The highest BCUT2D eigenvalue weighted by Gasteiger charge is 2.15. The van der Waals surface area contributed by atoms with Crippen LogP contribution in [-0.2, 0) is 14.3 Å². The van der Waals surface area contributed by atoms with Gasteiger partial charge in [0.25, 0.3) is 0 Å². The van der Waals surface area contributed by atoms with Gasteiger partial charge in [-0.1, -0.05) is 41.9 Å². The smallest absolute Gasteiger partial charge is 0.334 e. The van der Waals surface area contributed by atoms with Crippen molar-refractivity contribution in [3.63, 3.8) is 0 Å². The zero-order valence-electron chi connectivity index (χ0n) is 12.4. The van der Waals surface area contributed by atoms with Gasteiger partial charge in [0.15, 0.2) is 0 Å². The third-order valence-corrected chi connectivity index (χ3v) is 3.62. The fourth-order valence-electron chi connectivity index (χ4n) is 1.79. The zero-order chi connectivity index (χ0) is 16.0. The Labute approximate surface area is 132 Å². The second kappa shape index (κ2) is 7.98. The summed E-state index contributed by atoms with van der Waals surface area (Å²) >= 11 is 3.42. The molecule has 0 saturated heterocycles. The summed E-state index contributed by atoms with van der Waals surface area (Å²) in [5.74, 6) is -1.32. The number of carboxylic acid groups (broad SMARTS) is 1. The van der Waals surface area contributed by atoms with Crippen LogP contribution in [-0.4, -0.2) is 23.7 Å². The third-order valence-electron chi connectivity index (χ3n) is 2.90. The normalized spacial score (nSPS) is 11.6. The highest BCUT2D eigenvalue weighted by atomic mass is 79.9. The van der Waals surface area contributed by atoms with Crippen molar-refractivity contribution in [2.24, 2.45) is 0 Å². The summed E-state index contributed by atoms with van der Waals surface area (Å²) in [5, 5.41) is 8.93. The summed E-state index contributed by atoms with van der Waals surface area (Å²) in [6, 6.07) is 5.83. The maximum Gasteiger partial charge on any atom is 0.334 e. The Bertz CT molecular complexity index is 561. The monoisotopic (exact) mass is 354 g/mol. The number of hydrogen-bond acceptors (Lipinski definition) is 3. The van der Waals surface area contributed by atoms with Crippen LogP contribution in [0.3, 0.4) is 0 Å². The number of carbonyl (C=O) groups excluding carboxylic acids is 1. The van der Waals surface area contributed by atoms with E-state index in [0.29, 0.717) is 5.92 Å². The summed E-state index contributed by atoms with van der Waals surface area (Å²) in [7, 11) is 0. The largest absolute Gasteiger partial charge is 0.481 e. The van der Waals surface area contributed by atoms with Gasteiger partial charge in [-0.3, -0.25) is 4.79 Å². The first-order chi connectivity index (χ1) is 9.85. The fraction of sp³-hybridized carbons (Fsp3) is 0.375. The van der Waals surface area contributed by atoms with E-state index in [1.807, 2.05) is 18.2 Å². The maximum absolute atomic E-state index is 11.8. The summed E-state index contributed by atoms with van der Waals surface area (Å²) in [6.45, 7) is 6.04. The molecule has 0 spiro atoms. The van der Waals surface area contributed by atoms with E-state index in [1.165, 1.54) is 0 Å². The quantitative estimate of drug-likeness (QED) is 0.619. The number of ether oxygens (including phenoxy) is 1. The molecule has 1 N–H and O–H groups in total. The molecular weight excluding hydrogens is 336 g/mol. The van der Waals surface area contributed by atoms with Crippen molar-refractivity contribution in [3.05, 3.63) is 39.4 Å². The topological polar surface area (TPSA) is 63.6 Å². The molecule has 4 nitrogen and oxygen atoms in total. The van der Waals surface area contributed by atoms with E-state index in [2.05, 4.69) is 29.8 Å². The second-order valence-electron chi connectivity index (χ2n) is 4.90. The molecule has 114 valence electrons. The summed E-state index contributed by atoms with van der Waals surface area (Å²) < 4.78 is 5.71. The van der Waals surface area contributed by atoms with Gasteiger partial charge in [0, 0.05) is 10.0 Å². The van der Waals surface area contributed by atoms with E-state index in [4.69, 9.17) is 9.84 Å². The van der Waals surface area contributed by atoms with Crippen LogP contribution in [0.1, 0.15) is 44.2 Å². The molecule has 0 atom stereocenters.